The summed E-state index contributed by atoms with van der Waals surface area (Å²) in [6.45, 7) is 1.75. The number of aromatic amines is 1. The first-order chi connectivity index (χ1) is 14.3. The molecule has 2 aromatic heterocycles. The second kappa shape index (κ2) is 7.74. The van der Waals surface area contributed by atoms with Crippen LogP contribution in [0.5, 0.6) is 0 Å². The molecule has 7 nitrogen and oxygen atoms in total. The fourth-order valence-corrected chi connectivity index (χ4v) is 4.05. The molecule has 0 unspecified atom stereocenters. The van der Waals surface area contributed by atoms with Gasteiger partial charge in [-0.15, -0.1) is 0 Å². The number of amides is 2. The van der Waals surface area contributed by atoms with E-state index in [0.29, 0.717) is 28.0 Å². The molecule has 0 saturated heterocycles. The highest BCUT2D eigenvalue weighted by Crippen LogP contribution is 2.35. The smallest absolute Gasteiger partial charge is 0.251 e. The second-order valence-corrected chi connectivity index (χ2v) is 8.01. The predicted molar refractivity (Wildman–Crippen MR) is 115 cm³/mol. The zero-order chi connectivity index (χ0) is 21.6. The van der Waals surface area contributed by atoms with Gasteiger partial charge in [-0.3, -0.25) is 14.4 Å². The normalized spacial score (nSPS) is 13.3. The van der Waals surface area contributed by atoms with Crippen LogP contribution in [0.25, 0.3) is 10.9 Å². The van der Waals surface area contributed by atoms with E-state index in [9.17, 15) is 14.4 Å². The number of carbonyl (C=O) groups is 3. The molecule has 0 spiro atoms. The Morgan fingerprint density at radius 1 is 1.13 bits per heavy atom. The fourth-order valence-electron chi connectivity index (χ4n) is 3.39. The van der Waals surface area contributed by atoms with Crippen molar-refractivity contribution >= 4 is 57.5 Å². The third-order valence-corrected chi connectivity index (χ3v) is 5.68. The number of nitrogens with zero attached hydrogens (tertiary/aromatic N) is 1. The van der Waals surface area contributed by atoms with E-state index >= 15 is 0 Å². The molecule has 30 heavy (non-hydrogen) atoms. The first kappa shape index (κ1) is 20.4. The van der Waals surface area contributed by atoms with Crippen molar-refractivity contribution in [3.05, 3.63) is 56.8 Å². The van der Waals surface area contributed by atoms with E-state index in [1.807, 2.05) is 0 Å². The summed E-state index contributed by atoms with van der Waals surface area (Å²) in [5, 5.41) is 6.08. The number of nitrogens with one attached hydrogen (secondary N) is 3. The minimum Gasteiger partial charge on any atom is -0.355 e. The van der Waals surface area contributed by atoms with Crippen LogP contribution in [0.3, 0.4) is 0 Å². The molecule has 4 rings (SSSR count). The van der Waals surface area contributed by atoms with Gasteiger partial charge < -0.3 is 15.6 Å². The molecule has 0 radical (unpaired) electrons. The van der Waals surface area contributed by atoms with Gasteiger partial charge in [0.15, 0.2) is 11.6 Å². The van der Waals surface area contributed by atoms with Crippen LogP contribution in [0.4, 0.5) is 5.82 Å². The number of ketones is 1. The molecule has 0 aliphatic heterocycles. The number of pyridine rings is 1. The molecular formula is C21H18Cl2N4O3. The first-order valence-corrected chi connectivity index (χ1v) is 10.1. The molecule has 0 atom stereocenters. The number of benzene rings is 1. The molecule has 1 aliphatic rings. The SMILES string of the molecule is CNC(=O)c1cc(Cl)c(C(=O)c2c(C)[nH]c3c(NC(=O)C4CC4)nccc23)c(Cl)c1. The molecule has 2 heterocycles. The minimum absolute atomic E-state index is 0.0238. The van der Waals surface area contributed by atoms with Gasteiger partial charge in [-0.05, 0) is 38.0 Å². The third-order valence-electron chi connectivity index (χ3n) is 5.08. The molecule has 1 fully saturated rings. The van der Waals surface area contributed by atoms with E-state index in [1.54, 1.807) is 13.0 Å². The predicted octanol–water partition coefficient (Wildman–Crippen LogP) is 4.12. The Balaban J connectivity index is 1.78. The molecule has 1 aromatic carbocycles. The Hall–Kier alpha value is -2.90. The largest absolute Gasteiger partial charge is 0.355 e. The Kier molecular flexibility index (Phi) is 5.26. The molecule has 154 valence electrons. The minimum atomic E-state index is -0.386. The van der Waals surface area contributed by atoms with E-state index in [0.717, 1.165) is 12.8 Å². The molecule has 2 amide bonds. The number of anilines is 1. The summed E-state index contributed by atoms with van der Waals surface area (Å²) in [5.74, 6) is -0.425. The highest BCUT2D eigenvalue weighted by atomic mass is 35.5. The number of hydrogen-bond donors (Lipinski definition) is 3. The Morgan fingerprint density at radius 2 is 1.80 bits per heavy atom. The van der Waals surface area contributed by atoms with Crippen molar-refractivity contribution in [3.63, 3.8) is 0 Å². The van der Waals surface area contributed by atoms with Gasteiger partial charge in [0.05, 0.1) is 26.7 Å². The van der Waals surface area contributed by atoms with Crippen molar-refractivity contribution in [1.29, 1.82) is 0 Å². The Labute approximate surface area is 182 Å². The van der Waals surface area contributed by atoms with Crippen molar-refractivity contribution in [2.24, 2.45) is 5.92 Å². The maximum atomic E-state index is 13.4. The average molecular weight is 445 g/mol. The monoisotopic (exact) mass is 444 g/mol. The number of aromatic nitrogens is 2. The van der Waals surface area contributed by atoms with Crippen LogP contribution in [0, 0.1) is 12.8 Å². The summed E-state index contributed by atoms with van der Waals surface area (Å²) in [6.07, 6.45) is 3.28. The number of aryl methyl sites for hydroxylation is 1. The molecular weight excluding hydrogens is 427 g/mol. The van der Waals surface area contributed by atoms with Crippen LogP contribution in [0.2, 0.25) is 10.0 Å². The van der Waals surface area contributed by atoms with Crippen molar-refractivity contribution in [2.75, 3.05) is 12.4 Å². The third kappa shape index (κ3) is 3.55. The topological polar surface area (TPSA) is 104 Å². The van der Waals surface area contributed by atoms with Crippen molar-refractivity contribution in [2.45, 2.75) is 19.8 Å². The van der Waals surface area contributed by atoms with Gasteiger partial charge in [-0.25, -0.2) is 4.98 Å². The Morgan fingerprint density at radius 3 is 2.40 bits per heavy atom. The van der Waals surface area contributed by atoms with Crippen LogP contribution < -0.4 is 10.6 Å². The lowest BCUT2D eigenvalue weighted by molar-refractivity contribution is -0.117. The van der Waals surface area contributed by atoms with Crippen LogP contribution in [-0.2, 0) is 4.79 Å². The standard InChI is InChI=1S/C21H18Cl2N4O3/c1-9-15(18(28)16-13(22)7-11(8-14(16)23)20(29)24-2)12-5-6-25-19(17(12)26-9)27-21(30)10-3-4-10/h5-8,10,26H,3-4H2,1-2H3,(H,24,29)(H,25,27,30). The maximum Gasteiger partial charge on any atom is 0.251 e. The lowest BCUT2D eigenvalue weighted by atomic mass is 9.99. The molecule has 1 saturated carbocycles. The molecule has 0 bridgehead atoms. The maximum absolute atomic E-state index is 13.4. The Bertz CT molecular complexity index is 1190. The summed E-state index contributed by atoms with van der Waals surface area (Å²) >= 11 is 12.7. The number of H-pyrrole nitrogens is 1. The van der Waals surface area contributed by atoms with E-state index in [4.69, 9.17) is 23.2 Å². The van der Waals surface area contributed by atoms with Crippen LogP contribution >= 0.6 is 23.2 Å². The van der Waals surface area contributed by atoms with Crippen LogP contribution in [0.1, 0.15) is 44.8 Å². The molecule has 3 N–H and O–H groups in total. The second-order valence-electron chi connectivity index (χ2n) is 7.19. The summed E-state index contributed by atoms with van der Waals surface area (Å²) in [4.78, 5) is 44.8. The number of fused-ring (bicyclic) bond motifs is 1. The first-order valence-electron chi connectivity index (χ1n) is 9.35. The average Bonchev–Trinajstić information content (AvgIpc) is 3.49. The van der Waals surface area contributed by atoms with Crippen molar-refractivity contribution < 1.29 is 14.4 Å². The van der Waals surface area contributed by atoms with Gasteiger partial charge in [0.25, 0.3) is 5.91 Å². The lowest BCUT2D eigenvalue weighted by Gasteiger charge is -2.09. The molecule has 3 aromatic rings. The van der Waals surface area contributed by atoms with Gasteiger partial charge in [0.2, 0.25) is 5.91 Å². The lowest BCUT2D eigenvalue weighted by Crippen LogP contribution is -2.18. The van der Waals surface area contributed by atoms with Crippen LogP contribution in [0.15, 0.2) is 24.4 Å². The zero-order valence-corrected chi connectivity index (χ0v) is 17.7. The van der Waals surface area contributed by atoms with E-state index in [2.05, 4.69) is 20.6 Å². The van der Waals surface area contributed by atoms with Gasteiger partial charge >= 0.3 is 0 Å². The number of carbonyl (C=O) groups excluding carboxylic acids is 3. The molecule has 1 aliphatic carbocycles. The summed E-state index contributed by atoms with van der Waals surface area (Å²) in [6, 6.07) is 4.51. The summed E-state index contributed by atoms with van der Waals surface area (Å²) < 4.78 is 0. The van der Waals surface area contributed by atoms with Gasteiger partial charge in [0, 0.05) is 35.8 Å². The van der Waals surface area contributed by atoms with Gasteiger partial charge in [0.1, 0.15) is 0 Å². The quantitative estimate of drug-likeness (QED) is 0.514. The van der Waals surface area contributed by atoms with Crippen LogP contribution in [-0.4, -0.2) is 34.6 Å². The zero-order valence-electron chi connectivity index (χ0n) is 16.2. The van der Waals surface area contributed by atoms with Crippen molar-refractivity contribution in [3.8, 4) is 0 Å². The summed E-state index contributed by atoms with van der Waals surface area (Å²) in [5.41, 5.74) is 1.89. The number of hydrogen-bond acceptors (Lipinski definition) is 4. The molecule has 9 heteroatoms. The van der Waals surface area contributed by atoms with Gasteiger partial charge in [-0.2, -0.15) is 0 Å². The number of rotatable bonds is 5. The van der Waals surface area contributed by atoms with E-state index in [1.165, 1.54) is 25.4 Å². The van der Waals surface area contributed by atoms with Gasteiger partial charge in [-0.1, -0.05) is 23.2 Å². The number of halogens is 2. The highest BCUT2D eigenvalue weighted by Gasteiger charge is 2.31. The van der Waals surface area contributed by atoms with E-state index < -0.39 is 0 Å². The van der Waals surface area contributed by atoms with Crippen molar-refractivity contribution in [1.82, 2.24) is 15.3 Å². The summed E-state index contributed by atoms with van der Waals surface area (Å²) in [7, 11) is 1.49. The van der Waals surface area contributed by atoms with E-state index in [-0.39, 0.29) is 44.7 Å². The highest BCUT2D eigenvalue weighted by molar-refractivity contribution is 6.42. The fraction of sp³-hybridized carbons (Fsp3) is 0.238.